The van der Waals surface area contributed by atoms with E-state index in [1.807, 2.05) is 60.7 Å². The summed E-state index contributed by atoms with van der Waals surface area (Å²) >= 11 is 0. The third-order valence-corrected chi connectivity index (χ3v) is 5.82. The molecular formula is C29H41N2NaO3. The Hall–Kier alpha value is -1.79. The topological polar surface area (TPSA) is 81.8 Å². The van der Waals surface area contributed by atoms with E-state index in [9.17, 15) is 9.59 Å². The van der Waals surface area contributed by atoms with E-state index >= 15 is 0 Å². The molecule has 186 valence electrons. The van der Waals surface area contributed by atoms with E-state index in [1.54, 1.807) is 6.21 Å². The zero-order chi connectivity index (χ0) is 24.4. The molecule has 0 amide bonds. The fraction of sp³-hybridized carbons (Fsp3) is 0.483. The summed E-state index contributed by atoms with van der Waals surface area (Å²) in [6.07, 6.45) is 13.3. The normalized spacial score (nSPS) is 12.6. The molecule has 0 aliphatic carbocycles. The molecule has 0 aromatic heterocycles. The molecule has 0 unspecified atom stereocenters. The van der Waals surface area contributed by atoms with Gasteiger partial charge >= 0.3 is 41.5 Å². The summed E-state index contributed by atoms with van der Waals surface area (Å²) in [5, 5.41) is 0. The fourth-order valence-electron chi connectivity index (χ4n) is 3.80. The minimum absolute atomic E-state index is 0. The molecule has 2 aromatic rings. The molecule has 0 fully saturated rings. The molecule has 0 aliphatic rings. The molecule has 0 heterocycles. The van der Waals surface area contributed by atoms with Gasteiger partial charge in [-0.2, -0.15) is 0 Å². The zero-order valence-corrected chi connectivity index (χ0v) is 20.5. The van der Waals surface area contributed by atoms with Crippen LogP contribution in [-0.4, -0.2) is 59.8 Å². The molecular weight excluding hydrogens is 447 g/mol. The van der Waals surface area contributed by atoms with Crippen LogP contribution >= 0.6 is 0 Å². The molecule has 2 aromatic carbocycles. The van der Waals surface area contributed by atoms with Gasteiger partial charge in [0.05, 0.1) is 0 Å². The molecule has 6 heteroatoms. The predicted octanol–water partition coefficient (Wildman–Crippen LogP) is 5.19. The van der Waals surface area contributed by atoms with E-state index in [0.717, 1.165) is 24.0 Å². The van der Waals surface area contributed by atoms with Crippen LogP contribution in [0.15, 0.2) is 65.7 Å². The van der Waals surface area contributed by atoms with E-state index in [0.29, 0.717) is 12.8 Å². The number of nitrogens with two attached hydrogens (primary N) is 1. The Kier molecular flexibility index (Phi) is 17.3. The van der Waals surface area contributed by atoms with Crippen LogP contribution in [0.4, 0.5) is 0 Å². The van der Waals surface area contributed by atoms with E-state index in [1.165, 1.54) is 44.9 Å². The van der Waals surface area contributed by atoms with Crippen LogP contribution < -0.4 is 5.73 Å². The van der Waals surface area contributed by atoms with Gasteiger partial charge in [0.2, 0.25) is 0 Å². The van der Waals surface area contributed by atoms with Crippen molar-refractivity contribution in [1.82, 2.24) is 0 Å². The molecule has 2 rings (SSSR count). The average Bonchev–Trinajstić information content (AvgIpc) is 2.85. The number of unbranched alkanes of at least 4 members (excludes halogenated alkanes) is 8. The van der Waals surface area contributed by atoms with Crippen molar-refractivity contribution < 1.29 is 14.3 Å². The Morgan fingerprint density at radius 3 is 1.89 bits per heavy atom. The van der Waals surface area contributed by atoms with Crippen LogP contribution in [-0.2, 0) is 27.2 Å². The Morgan fingerprint density at radius 1 is 0.800 bits per heavy atom. The first kappa shape index (κ1) is 31.2. The second-order valence-electron chi connectivity index (χ2n) is 8.84. The van der Waals surface area contributed by atoms with Gasteiger partial charge in [0.25, 0.3) is 0 Å². The summed E-state index contributed by atoms with van der Waals surface area (Å²) < 4.78 is 5.14. The monoisotopic (exact) mass is 488 g/mol. The minimum atomic E-state index is -0.898. The number of hydrogen-bond acceptors (Lipinski definition) is 5. The van der Waals surface area contributed by atoms with Crippen LogP contribution in [0, 0.1) is 0 Å². The number of aliphatic imine (C=N–C) groups is 1. The molecule has 0 saturated carbocycles. The number of carbonyl (C=O) groups excluding carboxylic acids is 2. The number of carbonyl (C=O) groups is 2. The van der Waals surface area contributed by atoms with Crippen LogP contribution in [0.1, 0.15) is 75.8 Å². The summed E-state index contributed by atoms with van der Waals surface area (Å²) in [5.41, 5.74) is 7.88. The van der Waals surface area contributed by atoms with Crippen LogP contribution in [0.2, 0.25) is 0 Å². The number of hydrogen-bond donors (Lipinski definition) is 1. The van der Waals surface area contributed by atoms with Crippen LogP contribution in [0.25, 0.3) is 0 Å². The maximum absolute atomic E-state index is 12.8. The van der Waals surface area contributed by atoms with Gasteiger partial charge in [0.15, 0.2) is 6.04 Å². The van der Waals surface area contributed by atoms with Gasteiger partial charge < -0.3 is 10.5 Å². The van der Waals surface area contributed by atoms with Crippen molar-refractivity contribution in [3.8, 4) is 0 Å². The number of ether oxygens (including phenoxy) is 1. The first-order valence-electron chi connectivity index (χ1n) is 12.7. The molecule has 2 N–H and O–H groups in total. The molecule has 0 aliphatic heterocycles. The summed E-state index contributed by atoms with van der Waals surface area (Å²) in [4.78, 5) is 29.7. The van der Waals surface area contributed by atoms with Crippen LogP contribution in [0.3, 0.4) is 0 Å². The Labute approximate surface area is 233 Å². The van der Waals surface area contributed by atoms with Crippen molar-refractivity contribution in [2.45, 2.75) is 89.6 Å². The number of rotatable bonds is 16. The van der Waals surface area contributed by atoms with Crippen molar-refractivity contribution in [3.63, 3.8) is 0 Å². The van der Waals surface area contributed by atoms with Crippen LogP contribution in [0.5, 0.6) is 0 Å². The zero-order valence-electron chi connectivity index (χ0n) is 20.5. The van der Waals surface area contributed by atoms with Crippen molar-refractivity contribution in [3.05, 3.63) is 71.8 Å². The van der Waals surface area contributed by atoms with E-state index in [2.05, 4.69) is 11.9 Å². The van der Waals surface area contributed by atoms with E-state index < -0.39 is 24.0 Å². The second kappa shape index (κ2) is 19.4. The first-order valence-corrected chi connectivity index (χ1v) is 12.7. The molecule has 0 spiro atoms. The standard InChI is InChI=1S/C29H40N2O3.Na.H/c1-2-3-4-5-6-7-8-9-16-21-31-27(23-25-19-14-11-15-20-25)29(33)34-28(32)26(30)22-24-17-12-10-13-18-24;;/h10-15,17-21,26-27H,2-9,16,22-23,30H2,1H3;;/t26-,27-;;/m0../s1. The van der Waals surface area contributed by atoms with Crippen molar-refractivity contribution in [1.29, 1.82) is 0 Å². The van der Waals surface area contributed by atoms with Gasteiger partial charge in [-0.1, -0.05) is 113 Å². The number of nitrogens with zero attached hydrogens (tertiary/aromatic N) is 1. The molecule has 0 bridgehead atoms. The second-order valence-corrected chi connectivity index (χ2v) is 8.84. The summed E-state index contributed by atoms with van der Waals surface area (Å²) in [5.74, 6) is -1.37. The van der Waals surface area contributed by atoms with E-state index in [4.69, 9.17) is 10.5 Å². The maximum atomic E-state index is 12.8. The Bertz CT molecular complexity index is 859. The molecule has 0 saturated heterocycles. The third kappa shape index (κ3) is 13.8. The van der Waals surface area contributed by atoms with Gasteiger partial charge in [-0.25, -0.2) is 9.59 Å². The summed E-state index contributed by atoms with van der Waals surface area (Å²) in [6, 6.07) is 17.4. The van der Waals surface area contributed by atoms with Crippen molar-refractivity contribution in [2.24, 2.45) is 10.7 Å². The Morgan fingerprint density at radius 2 is 1.31 bits per heavy atom. The molecule has 35 heavy (non-hydrogen) atoms. The fourth-order valence-corrected chi connectivity index (χ4v) is 3.80. The summed E-state index contributed by atoms with van der Waals surface area (Å²) in [7, 11) is 0. The van der Waals surface area contributed by atoms with Gasteiger partial charge in [-0.05, 0) is 36.6 Å². The van der Waals surface area contributed by atoms with Gasteiger partial charge in [-0.15, -0.1) is 0 Å². The van der Waals surface area contributed by atoms with E-state index in [-0.39, 0.29) is 29.6 Å². The average molecular weight is 489 g/mol. The Balaban J connectivity index is 0.00000612. The van der Waals surface area contributed by atoms with Gasteiger partial charge in [0.1, 0.15) is 6.04 Å². The quantitative estimate of drug-likeness (QED) is 0.116. The van der Waals surface area contributed by atoms with Gasteiger partial charge in [-0.3, -0.25) is 4.99 Å². The molecule has 5 nitrogen and oxygen atoms in total. The van der Waals surface area contributed by atoms with Crippen molar-refractivity contribution in [2.75, 3.05) is 0 Å². The number of esters is 2. The van der Waals surface area contributed by atoms with Crippen molar-refractivity contribution >= 4 is 47.7 Å². The molecule has 0 radical (unpaired) electrons. The number of benzene rings is 2. The summed E-state index contributed by atoms with van der Waals surface area (Å²) in [6.45, 7) is 2.23. The SMILES string of the molecule is CCCCCCCCCCC=N[C@@H](Cc1ccccc1)C(=O)OC(=O)[C@@H](N)Cc1ccccc1.[NaH]. The predicted molar refractivity (Wildman–Crippen MR) is 146 cm³/mol. The first-order chi connectivity index (χ1) is 16.6. The molecule has 2 atom stereocenters. The third-order valence-electron chi connectivity index (χ3n) is 5.82. The van der Waals surface area contributed by atoms with Gasteiger partial charge in [0, 0.05) is 6.42 Å².